The van der Waals surface area contributed by atoms with Crippen LogP contribution in [0.3, 0.4) is 0 Å². The first-order valence-electron chi connectivity index (χ1n) is 10.0. The minimum absolute atomic E-state index is 0.0407. The molecule has 6 heteroatoms. The molecule has 3 aromatic rings. The quantitative estimate of drug-likeness (QED) is 0.654. The number of nitrogens with zero attached hydrogens (tertiary/aromatic N) is 4. The molecule has 1 aliphatic heterocycles. The number of phenols is 1. The Morgan fingerprint density at radius 2 is 1.86 bits per heavy atom. The van der Waals surface area contributed by atoms with E-state index in [-0.39, 0.29) is 5.54 Å². The molecule has 0 saturated carbocycles. The van der Waals surface area contributed by atoms with Gasteiger partial charge in [0, 0.05) is 42.6 Å². The molecule has 0 atom stereocenters. The number of hydrogen-bond acceptors (Lipinski definition) is 5. The molecule has 0 unspecified atom stereocenters. The topological polar surface area (TPSA) is 70.5 Å². The van der Waals surface area contributed by atoms with Crippen molar-refractivity contribution in [3.05, 3.63) is 72.1 Å². The third kappa shape index (κ3) is 3.99. The van der Waals surface area contributed by atoms with Crippen molar-refractivity contribution >= 4 is 5.69 Å². The summed E-state index contributed by atoms with van der Waals surface area (Å²) in [5.41, 5.74) is 9.95. The monoisotopic (exact) mass is 391 g/mol. The fraction of sp³-hybridized carbons (Fsp3) is 0.348. The van der Waals surface area contributed by atoms with Gasteiger partial charge in [0.15, 0.2) is 0 Å². The first-order valence-corrected chi connectivity index (χ1v) is 10.0. The standard InChI is InChI=1S/C23H29N5O/c1-26(2)23(19-5-3-8-22(29)13-19)9-11-27(12-10-23)16-18-15-25-28(17-18)21-7-4-6-20(24)14-21/h3-8,13-15,17,29H,9-12,16,24H2,1-2H3. The van der Waals surface area contributed by atoms with E-state index in [1.54, 1.807) is 6.07 Å². The highest BCUT2D eigenvalue weighted by molar-refractivity contribution is 5.47. The third-order valence-corrected chi connectivity index (χ3v) is 6.10. The SMILES string of the molecule is CN(C)C1(c2cccc(O)c2)CCN(Cc2cnn(-c3cccc(N)c3)c2)CC1. The van der Waals surface area contributed by atoms with Crippen molar-refractivity contribution in [3.8, 4) is 11.4 Å². The van der Waals surface area contributed by atoms with E-state index in [1.165, 1.54) is 11.1 Å². The van der Waals surface area contributed by atoms with Gasteiger partial charge in [0.2, 0.25) is 0 Å². The number of anilines is 1. The van der Waals surface area contributed by atoms with Crippen molar-refractivity contribution in [1.82, 2.24) is 19.6 Å². The average molecular weight is 392 g/mol. The molecule has 0 aliphatic carbocycles. The van der Waals surface area contributed by atoms with Gasteiger partial charge in [-0.1, -0.05) is 18.2 Å². The van der Waals surface area contributed by atoms with Gasteiger partial charge in [-0.2, -0.15) is 5.10 Å². The molecule has 152 valence electrons. The number of nitrogens with two attached hydrogens (primary N) is 1. The van der Waals surface area contributed by atoms with Crippen molar-refractivity contribution in [2.24, 2.45) is 0 Å². The second-order valence-electron chi connectivity index (χ2n) is 8.14. The Bertz CT molecular complexity index is 973. The Balaban J connectivity index is 1.44. The van der Waals surface area contributed by atoms with Gasteiger partial charge in [-0.25, -0.2) is 4.68 Å². The molecular formula is C23H29N5O. The lowest BCUT2D eigenvalue weighted by molar-refractivity contribution is 0.0506. The van der Waals surface area contributed by atoms with E-state index in [9.17, 15) is 5.11 Å². The van der Waals surface area contributed by atoms with Gasteiger partial charge in [0.05, 0.1) is 11.9 Å². The molecule has 2 aromatic carbocycles. The number of aromatic nitrogens is 2. The summed E-state index contributed by atoms with van der Waals surface area (Å²) >= 11 is 0. The number of likely N-dealkylation sites (tertiary alicyclic amines) is 1. The van der Waals surface area contributed by atoms with Crippen LogP contribution in [0, 0.1) is 0 Å². The average Bonchev–Trinajstić information content (AvgIpc) is 3.17. The molecule has 29 heavy (non-hydrogen) atoms. The Kier molecular flexibility index (Phi) is 5.30. The number of nitrogen functional groups attached to an aromatic ring is 1. The molecule has 4 rings (SSSR count). The summed E-state index contributed by atoms with van der Waals surface area (Å²) in [6.07, 6.45) is 6.06. The second kappa shape index (κ2) is 7.89. The van der Waals surface area contributed by atoms with Crippen molar-refractivity contribution in [2.75, 3.05) is 32.9 Å². The van der Waals surface area contributed by atoms with Gasteiger partial charge in [-0.15, -0.1) is 0 Å². The highest BCUT2D eigenvalue weighted by Crippen LogP contribution is 2.38. The van der Waals surface area contributed by atoms with Crippen molar-refractivity contribution in [2.45, 2.75) is 24.9 Å². The van der Waals surface area contributed by atoms with Crippen LogP contribution in [0.2, 0.25) is 0 Å². The van der Waals surface area contributed by atoms with Gasteiger partial charge >= 0.3 is 0 Å². The van der Waals surface area contributed by atoms with E-state index in [0.29, 0.717) is 5.75 Å². The number of rotatable bonds is 5. The van der Waals surface area contributed by atoms with E-state index >= 15 is 0 Å². The maximum Gasteiger partial charge on any atom is 0.115 e. The Morgan fingerprint density at radius 3 is 2.55 bits per heavy atom. The Morgan fingerprint density at radius 1 is 1.10 bits per heavy atom. The summed E-state index contributed by atoms with van der Waals surface area (Å²) in [7, 11) is 4.27. The lowest BCUT2D eigenvalue weighted by Gasteiger charge is -2.46. The van der Waals surface area contributed by atoms with Crippen LogP contribution in [0.25, 0.3) is 5.69 Å². The first kappa shape index (κ1) is 19.5. The fourth-order valence-electron chi connectivity index (χ4n) is 4.38. The zero-order valence-electron chi connectivity index (χ0n) is 17.1. The molecular weight excluding hydrogens is 362 g/mol. The summed E-state index contributed by atoms with van der Waals surface area (Å²) in [5.74, 6) is 0.333. The van der Waals surface area contributed by atoms with Crippen LogP contribution >= 0.6 is 0 Å². The number of piperidine rings is 1. The highest BCUT2D eigenvalue weighted by Gasteiger charge is 2.38. The van der Waals surface area contributed by atoms with Gasteiger partial charge in [0.25, 0.3) is 0 Å². The summed E-state index contributed by atoms with van der Waals surface area (Å²) in [6, 6.07) is 15.5. The molecule has 0 radical (unpaired) electrons. The van der Waals surface area contributed by atoms with Crippen LogP contribution in [0.1, 0.15) is 24.0 Å². The van der Waals surface area contributed by atoms with Crippen molar-refractivity contribution in [3.63, 3.8) is 0 Å². The van der Waals surface area contributed by atoms with Gasteiger partial charge in [0.1, 0.15) is 5.75 Å². The van der Waals surface area contributed by atoms with E-state index in [0.717, 1.165) is 43.9 Å². The van der Waals surface area contributed by atoms with Gasteiger partial charge in [-0.3, -0.25) is 9.80 Å². The summed E-state index contributed by atoms with van der Waals surface area (Å²) in [5, 5.41) is 14.5. The third-order valence-electron chi connectivity index (χ3n) is 6.10. The van der Waals surface area contributed by atoms with Crippen LogP contribution in [-0.2, 0) is 12.1 Å². The highest BCUT2D eigenvalue weighted by atomic mass is 16.3. The summed E-state index contributed by atoms with van der Waals surface area (Å²) in [4.78, 5) is 4.78. The predicted molar refractivity (Wildman–Crippen MR) is 116 cm³/mol. The van der Waals surface area contributed by atoms with E-state index in [1.807, 2.05) is 47.3 Å². The van der Waals surface area contributed by atoms with Crippen LogP contribution in [0.4, 0.5) is 5.69 Å². The molecule has 1 aliphatic rings. The predicted octanol–water partition coefficient (Wildman–Crippen LogP) is 3.21. The maximum absolute atomic E-state index is 9.95. The molecule has 0 bridgehead atoms. The zero-order chi connectivity index (χ0) is 20.4. The van der Waals surface area contributed by atoms with Crippen LogP contribution < -0.4 is 5.73 Å². The van der Waals surface area contributed by atoms with Crippen LogP contribution in [0.5, 0.6) is 5.75 Å². The number of aromatic hydroxyl groups is 1. The second-order valence-corrected chi connectivity index (χ2v) is 8.14. The van der Waals surface area contributed by atoms with Crippen LogP contribution in [0.15, 0.2) is 60.9 Å². The molecule has 1 aromatic heterocycles. The smallest absolute Gasteiger partial charge is 0.115 e. The lowest BCUT2D eigenvalue weighted by Crippen LogP contribution is -2.50. The number of hydrogen-bond donors (Lipinski definition) is 2. The van der Waals surface area contributed by atoms with Crippen molar-refractivity contribution < 1.29 is 5.11 Å². The Hall–Kier alpha value is -2.83. The minimum Gasteiger partial charge on any atom is -0.508 e. The molecule has 6 nitrogen and oxygen atoms in total. The molecule has 1 saturated heterocycles. The lowest BCUT2D eigenvalue weighted by atomic mass is 9.79. The number of benzene rings is 2. The van der Waals surface area contributed by atoms with E-state index in [2.05, 4.69) is 41.3 Å². The van der Waals surface area contributed by atoms with Gasteiger partial charge in [-0.05, 0) is 62.8 Å². The van der Waals surface area contributed by atoms with E-state index < -0.39 is 0 Å². The Labute approximate surface area is 172 Å². The van der Waals surface area contributed by atoms with Gasteiger partial charge < -0.3 is 10.8 Å². The van der Waals surface area contributed by atoms with E-state index in [4.69, 9.17) is 5.73 Å². The first-order chi connectivity index (χ1) is 14.0. The molecule has 0 spiro atoms. The molecule has 1 fully saturated rings. The molecule has 2 heterocycles. The summed E-state index contributed by atoms with van der Waals surface area (Å²) in [6.45, 7) is 2.88. The minimum atomic E-state index is -0.0407. The maximum atomic E-state index is 9.95. The normalized spacial score (nSPS) is 16.9. The fourth-order valence-corrected chi connectivity index (χ4v) is 4.38. The van der Waals surface area contributed by atoms with Crippen LogP contribution in [-0.4, -0.2) is 51.9 Å². The largest absolute Gasteiger partial charge is 0.508 e. The molecule has 3 N–H and O–H groups in total. The van der Waals surface area contributed by atoms with Crippen molar-refractivity contribution in [1.29, 1.82) is 0 Å². The summed E-state index contributed by atoms with van der Waals surface area (Å²) < 4.78 is 1.88. The molecule has 0 amide bonds. The number of phenolic OH excluding ortho intramolecular Hbond substituents is 1. The zero-order valence-corrected chi connectivity index (χ0v) is 17.1.